The van der Waals surface area contributed by atoms with E-state index in [4.69, 9.17) is 0 Å². The van der Waals surface area contributed by atoms with Crippen LogP contribution in [0.3, 0.4) is 0 Å². The minimum atomic E-state index is -0.0469. The molecule has 2 heterocycles. The van der Waals surface area contributed by atoms with Crippen LogP contribution >= 0.6 is 15.9 Å². The maximum Gasteiger partial charge on any atom is 0.258 e. The molecular weight excluding hydrogens is 470 g/mol. The molecule has 1 saturated heterocycles. The summed E-state index contributed by atoms with van der Waals surface area (Å²) in [6.45, 7) is 6.26. The Labute approximate surface area is 197 Å². The van der Waals surface area contributed by atoms with Gasteiger partial charge in [-0.15, -0.1) is 0 Å². The minimum absolute atomic E-state index is 0.0469. The second kappa shape index (κ2) is 9.92. The van der Waals surface area contributed by atoms with E-state index < -0.39 is 0 Å². The molecule has 1 fully saturated rings. The molecule has 0 spiro atoms. The van der Waals surface area contributed by atoms with E-state index >= 15 is 0 Å². The number of para-hydroxylation sites is 2. The number of hydrogen-bond donors (Lipinski definition) is 2. The molecule has 2 aromatic carbocycles. The fourth-order valence-electron chi connectivity index (χ4n) is 4.11. The van der Waals surface area contributed by atoms with E-state index in [1.807, 2.05) is 52.3 Å². The van der Waals surface area contributed by atoms with Crippen molar-refractivity contribution in [1.29, 1.82) is 0 Å². The van der Waals surface area contributed by atoms with E-state index in [0.717, 1.165) is 54.1 Å². The van der Waals surface area contributed by atoms with Crippen LogP contribution in [0, 0.1) is 0 Å². The number of likely N-dealkylation sites (N-methyl/N-ethyl adjacent to an activating group) is 1. The molecule has 2 N–H and O–H groups in total. The largest absolute Gasteiger partial charge is 0.381 e. The third kappa shape index (κ3) is 5.07. The lowest BCUT2D eigenvalue weighted by atomic mass is 10.1. The van der Waals surface area contributed by atoms with Gasteiger partial charge < -0.3 is 25.3 Å². The summed E-state index contributed by atoms with van der Waals surface area (Å²) in [5, 5.41) is 6.71. The molecule has 170 valence electrons. The molecule has 8 heteroatoms. The zero-order valence-electron chi connectivity index (χ0n) is 18.6. The fraction of sp³-hybridized carbons (Fsp3) is 0.417. The molecule has 0 radical (unpaired) electrons. The molecule has 0 aliphatic carbocycles. The Kier molecular flexibility index (Phi) is 7.01. The summed E-state index contributed by atoms with van der Waals surface area (Å²) < 4.78 is 0.826. The number of fused-ring (bicyclic) bond motifs is 1. The second-order valence-corrected chi connectivity index (χ2v) is 9.39. The highest BCUT2D eigenvalue weighted by molar-refractivity contribution is 9.10. The fourth-order valence-corrected chi connectivity index (χ4v) is 4.50. The zero-order chi connectivity index (χ0) is 22.7. The monoisotopic (exact) mass is 499 g/mol. The standard InChI is InChI=1S/C24H30BrN5O2/c1-17-9-10-30(22-6-4-3-5-20(22)27-17)24(32)18-7-8-19(25)21(15-18)26-16-23(31)29-13-11-28(2)12-14-29/h3-8,15,17,26-27H,9-14,16H2,1-2H3. The molecule has 2 aliphatic rings. The van der Waals surface area contributed by atoms with Crippen LogP contribution in [0.15, 0.2) is 46.9 Å². The van der Waals surface area contributed by atoms with E-state index in [-0.39, 0.29) is 24.4 Å². The lowest BCUT2D eigenvalue weighted by molar-refractivity contribution is -0.130. The van der Waals surface area contributed by atoms with Crippen LogP contribution in [0.5, 0.6) is 0 Å². The van der Waals surface area contributed by atoms with Gasteiger partial charge in [0.05, 0.1) is 17.9 Å². The number of nitrogens with zero attached hydrogens (tertiary/aromatic N) is 3. The molecule has 2 amide bonds. The van der Waals surface area contributed by atoms with Crippen molar-refractivity contribution in [3.05, 3.63) is 52.5 Å². The molecule has 0 bridgehead atoms. The average Bonchev–Trinajstić information content (AvgIpc) is 2.96. The van der Waals surface area contributed by atoms with E-state index in [1.165, 1.54) is 0 Å². The summed E-state index contributed by atoms with van der Waals surface area (Å²) in [4.78, 5) is 32.0. The molecule has 1 atom stereocenters. The average molecular weight is 500 g/mol. The number of nitrogens with one attached hydrogen (secondary N) is 2. The van der Waals surface area contributed by atoms with Crippen LogP contribution in [0.1, 0.15) is 23.7 Å². The van der Waals surface area contributed by atoms with Gasteiger partial charge in [0.15, 0.2) is 0 Å². The number of carbonyl (C=O) groups is 2. The molecule has 1 unspecified atom stereocenters. The third-order valence-corrected chi connectivity index (χ3v) is 6.82. The summed E-state index contributed by atoms with van der Waals surface area (Å²) >= 11 is 3.55. The molecule has 32 heavy (non-hydrogen) atoms. The first-order chi connectivity index (χ1) is 15.4. The zero-order valence-corrected chi connectivity index (χ0v) is 20.2. The predicted molar refractivity (Wildman–Crippen MR) is 133 cm³/mol. The van der Waals surface area contributed by atoms with Crippen molar-refractivity contribution < 1.29 is 9.59 Å². The Hall–Kier alpha value is -2.58. The normalized spacial score (nSPS) is 19.0. The van der Waals surface area contributed by atoms with Crippen molar-refractivity contribution in [3.63, 3.8) is 0 Å². The highest BCUT2D eigenvalue weighted by atomic mass is 79.9. The van der Waals surface area contributed by atoms with E-state index in [2.05, 4.69) is 45.4 Å². The Morgan fingerprint density at radius 2 is 1.84 bits per heavy atom. The Morgan fingerprint density at radius 3 is 2.62 bits per heavy atom. The molecule has 4 rings (SSSR count). The van der Waals surface area contributed by atoms with Crippen molar-refractivity contribution >= 4 is 44.8 Å². The third-order valence-electron chi connectivity index (χ3n) is 6.13. The first-order valence-corrected chi connectivity index (χ1v) is 11.9. The quantitative estimate of drug-likeness (QED) is 0.673. The van der Waals surface area contributed by atoms with Gasteiger partial charge in [-0.2, -0.15) is 0 Å². The number of anilines is 3. The van der Waals surface area contributed by atoms with Gasteiger partial charge in [0.25, 0.3) is 5.91 Å². The number of carbonyl (C=O) groups excluding carboxylic acids is 2. The van der Waals surface area contributed by atoms with Gasteiger partial charge in [-0.25, -0.2) is 0 Å². The number of halogens is 1. The molecule has 7 nitrogen and oxygen atoms in total. The maximum absolute atomic E-state index is 13.5. The number of amides is 2. The van der Waals surface area contributed by atoms with Crippen molar-refractivity contribution in [2.75, 3.05) is 61.8 Å². The summed E-state index contributed by atoms with van der Waals surface area (Å²) in [6, 6.07) is 13.7. The maximum atomic E-state index is 13.5. The van der Waals surface area contributed by atoms with Crippen LogP contribution in [-0.2, 0) is 4.79 Å². The molecule has 2 aromatic rings. The summed E-state index contributed by atoms with van der Waals surface area (Å²) in [5.74, 6) is 0.0255. The molecule has 2 aliphatic heterocycles. The highest BCUT2D eigenvalue weighted by Gasteiger charge is 2.25. The lowest BCUT2D eigenvalue weighted by Gasteiger charge is -2.32. The van der Waals surface area contributed by atoms with Gasteiger partial charge in [0.1, 0.15) is 0 Å². The lowest BCUT2D eigenvalue weighted by Crippen LogP contribution is -2.48. The summed E-state index contributed by atoms with van der Waals surface area (Å²) in [7, 11) is 2.07. The number of hydrogen-bond acceptors (Lipinski definition) is 5. The van der Waals surface area contributed by atoms with E-state index in [9.17, 15) is 9.59 Å². The van der Waals surface area contributed by atoms with E-state index in [1.54, 1.807) is 0 Å². The number of benzene rings is 2. The SMILES string of the molecule is CC1CCN(C(=O)c2ccc(Br)c(NCC(=O)N3CCN(C)CC3)c2)c2ccccc2N1. The first kappa shape index (κ1) is 22.6. The van der Waals surface area contributed by atoms with Crippen LogP contribution in [0.25, 0.3) is 0 Å². The van der Waals surface area contributed by atoms with Gasteiger partial charge in [0.2, 0.25) is 5.91 Å². The Balaban J connectivity index is 1.49. The van der Waals surface area contributed by atoms with Crippen LogP contribution in [-0.4, -0.2) is 74.0 Å². The van der Waals surface area contributed by atoms with Gasteiger partial charge in [-0.05, 0) is 66.7 Å². The van der Waals surface area contributed by atoms with Gasteiger partial charge in [-0.3, -0.25) is 9.59 Å². The predicted octanol–water partition coefficient (Wildman–Crippen LogP) is 3.49. The van der Waals surface area contributed by atoms with E-state index in [0.29, 0.717) is 12.1 Å². The minimum Gasteiger partial charge on any atom is -0.381 e. The smallest absolute Gasteiger partial charge is 0.258 e. The topological polar surface area (TPSA) is 67.9 Å². The second-order valence-electron chi connectivity index (χ2n) is 8.54. The molecule has 0 saturated carbocycles. The first-order valence-electron chi connectivity index (χ1n) is 11.1. The van der Waals surface area contributed by atoms with Crippen molar-refractivity contribution in [1.82, 2.24) is 9.80 Å². The Bertz CT molecular complexity index is 990. The summed E-state index contributed by atoms with van der Waals surface area (Å²) in [6.07, 6.45) is 0.863. The number of piperazine rings is 1. The van der Waals surface area contributed by atoms with Crippen molar-refractivity contribution in [2.24, 2.45) is 0 Å². The van der Waals surface area contributed by atoms with Crippen LogP contribution in [0.4, 0.5) is 17.1 Å². The van der Waals surface area contributed by atoms with Crippen LogP contribution < -0.4 is 15.5 Å². The number of rotatable bonds is 4. The van der Waals surface area contributed by atoms with Gasteiger partial charge >= 0.3 is 0 Å². The molecule has 0 aromatic heterocycles. The van der Waals surface area contributed by atoms with Crippen molar-refractivity contribution in [2.45, 2.75) is 19.4 Å². The van der Waals surface area contributed by atoms with Crippen molar-refractivity contribution in [3.8, 4) is 0 Å². The van der Waals surface area contributed by atoms with Gasteiger partial charge in [-0.1, -0.05) is 12.1 Å². The highest BCUT2D eigenvalue weighted by Crippen LogP contribution is 2.32. The molecular formula is C24H30BrN5O2. The summed E-state index contributed by atoms with van der Waals surface area (Å²) in [5.41, 5.74) is 3.20. The van der Waals surface area contributed by atoms with Gasteiger partial charge in [0, 0.05) is 54.5 Å². The van der Waals surface area contributed by atoms with Crippen LogP contribution in [0.2, 0.25) is 0 Å². The Morgan fingerprint density at radius 1 is 1.09 bits per heavy atom.